The van der Waals surface area contributed by atoms with Gasteiger partial charge in [-0.05, 0) is 42.2 Å². The van der Waals surface area contributed by atoms with E-state index < -0.39 is 10.0 Å². The van der Waals surface area contributed by atoms with Gasteiger partial charge in [0.25, 0.3) is 0 Å². The van der Waals surface area contributed by atoms with Gasteiger partial charge in [0.1, 0.15) is 4.21 Å². The highest BCUT2D eigenvalue weighted by molar-refractivity contribution is 7.91. The summed E-state index contributed by atoms with van der Waals surface area (Å²) in [6.07, 6.45) is 3.01. The molecule has 0 aromatic carbocycles. The standard InChI is InChI=1S/C14H24N2O2S2/c1-10(2)15-8-12-7-14(19-9-12)20(17,18)16-13-5-4-11(3)6-13/h7,9-11,13,15-16H,4-6,8H2,1-3H3. The van der Waals surface area contributed by atoms with Gasteiger partial charge in [0, 0.05) is 18.6 Å². The number of rotatable bonds is 6. The van der Waals surface area contributed by atoms with Crippen molar-refractivity contribution in [2.24, 2.45) is 5.92 Å². The second-order valence-corrected chi connectivity index (χ2v) is 8.90. The van der Waals surface area contributed by atoms with Crippen LogP contribution >= 0.6 is 11.3 Å². The van der Waals surface area contributed by atoms with Gasteiger partial charge in [-0.1, -0.05) is 20.8 Å². The van der Waals surface area contributed by atoms with Crippen molar-refractivity contribution in [2.45, 2.75) is 62.9 Å². The molecule has 6 heteroatoms. The molecular formula is C14H24N2O2S2. The Hall–Kier alpha value is -0.430. The third kappa shape index (κ3) is 4.28. The number of thiophene rings is 1. The predicted molar refractivity (Wildman–Crippen MR) is 83.4 cm³/mol. The van der Waals surface area contributed by atoms with Crippen LogP contribution in [0.3, 0.4) is 0 Å². The summed E-state index contributed by atoms with van der Waals surface area (Å²) in [5, 5.41) is 5.21. The van der Waals surface area contributed by atoms with E-state index in [4.69, 9.17) is 0 Å². The lowest BCUT2D eigenvalue weighted by atomic mass is 10.1. The van der Waals surface area contributed by atoms with Crippen molar-refractivity contribution in [3.05, 3.63) is 17.0 Å². The summed E-state index contributed by atoms with van der Waals surface area (Å²) in [5.74, 6) is 0.622. The van der Waals surface area contributed by atoms with Crippen LogP contribution in [0.4, 0.5) is 0 Å². The summed E-state index contributed by atoms with van der Waals surface area (Å²) in [6.45, 7) is 7.04. The molecule has 1 aliphatic carbocycles. The molecule has 2 unspecified atom stereocenters. The first-order valence-corrected chi connectivity index (χ1v) is 9.56. The fourth-order valence-electron chi connectivity index (χ4n) is 2.50. The smallest absolute Gasteiger partial charge is 0.250 e. The van der Waals surface area contributed by atoms with E-state index in [0.717, 1.165) is 24.8 Å². The van der Waals surface area contributed by atoms with Crippen LogP contribution in [0, 0.1) is 5.92 Å². The molecule has 0 radical (unpaired) electrons. The largest absolute Gasteiger partial charge is 0.310 e. The van der Waals surface area contributed by atoms with Crippen molar-refractivity contribution in [3.63, 3.8) is 0 Å². The molecule has 2 N–H and O–H groups in total. The molecule has 1 fully saturated rings. The first-order chi connectivity index (χ1) is 9.37. The Morgan fingerprint density at radius 2 is 2.15 bits per heavy atom. The van der Waals surface area contributed by atoms with E-state index in [1.807, 2.05) is 5.38 Å². The average molecular weight is 316 g/mol. The molecule has 0 aliphatic heterocycles. The molecule has 1 aromatic rings. The number of sulfonamides is 1. The zero-order valence-electron chi connectivity index (χ0n) is 12.3. The minimum atomic E-state index is -3.34. The lowest BCUT2D eigenvalue weighted by molar-refractivity contribution is 0.539. The Kier molecular flexibility index (Phi) is 5.23. The normalized spacial score (nSPS) is 23.6. The number of hydrogen-bond donors (Lipinski definition) is 2. The fourth-order valence-corrected chi connectivity index (χ4v) is 5.01. The zero-order chi connectivity index (χ0) is 14.8. The van der Waals surface area contributed by atoms with Crippen molar-refractivity contribution < 1.29 is 8.42 Å². The summed E-state index contributed by atoms with van der Waals surface area (Å²) in [6, 6.07) is 2.28. The third-order valence-electron chi connectivity index (χ3n) is 3.63. The van der Waals surface area contributed by atoms with Crippen LogP contribution in [0.15, 0.2) is 15.7 Å². The quantitative estimate of drug-likeness (QED) is 0.848. The molecule has 0 bridgehead atoms. The van der Waals surface area contributed by atoms with Crippen molar-refractivity contribution in [2.75, 3.05) is 0 Å². The van der Waals surface area contributed by atoms with E-state index in [0.29, 0.717) is 22.7 Å². The molecule has 1 saturated carbocycles. The van der Waals surface area contributed by atoms with Crippen LogP contribution in [-0.4, -0.2) is 20.5 Å². The SMILES string of the molecule is CC1CCC(NS(=O)(=O)c2cc(CNC(C)C)cs2)C1. The van der Waals surface area contributed by atoms with Gasteiger partial charge in [-0.15, -0.1) is 11.3 Å². The Labute approximate surface area is 126 Å². The van der Waals surface area contributed by atoms with Crippen LogP contribution in [0.25, 0.3) is 0 Å². The van der Waals surface area contributed by atoms with Crippen molar-refractivity contribution in [3.8, 4) is 0 Å². The minimum Gasteiger partial charge on any atom is -0.310 e. The van der Waals surface area contributed by atoms with Gasteiger partial charge in [-0.25, -0.2) is 13.1 Å². The van der Waals surface area contributed by atoms with E-state index in [1.54, 1.807) is 6.07 Å². The molecule has 114 valence electrons. The highest BCUT2D eigenvalue weighted by Crippen LogP contribution is 2.27. The van der Waals surface area contributed by atoms with Crippen LogP contribution in [0.2, 0.25) is 0 Å². The Balaban J connectivity index is 1.99. The van der Waals surface area contributed by atoms with E-state index in [1.165, 1.54) is 11.3 Å². The molecule has 4 nitrogen and oxygen atoms in total. The second-order valence-electron chi connectivity index (χ2n) is 6.05. The Morgan fingerprint density at radius 3 is 2.75 bits per heavy atom. The summed E-state index contributed by atoms with van der Waals surface area (Å²) < 4.78 is 27.9. The lowest BCUT2D eigenvalue weighted by Gasteiger charge is -2.11. The van der Waals surface area contributed by atoms with Crippen molar-refractivity contribution in [1.29, 1.82) is 0 Å². The van der Waals surface area contributed by atoms with Crippen LogP contribution in [0.5, 0.6) is 0 Å². The van der Waals surface area contributed by atoms with Gasteiger partial charge in [-0.2, -0.15) is 0 Å². The topological polar surface area (TPSA) is 58.2 Å². The average Bonchev–Trinajstić information content (AvgIpc) is 2.95. The Bertz CT molecular complexity index is 537. The molecule has 0 saturated heterocycles. The molecule has 2 rings (SSSR count). The van der Waals surface area contributed by atoms with E-state index in [-0.39, 0.29) is 6.04 Å². The van der Waals surface area contributed by atoms with Crippen LogP contribution in [0.1, 0.15) is 45.6 Å². The molecule has 2 atom stereocenters. The fraction of sp³-hybridized carbons (Fsp3) is 0.714. The van der Waals surface area contributed by atoms with Gasteiger partial charge in [-0.3, -0.25) is 0 Å². The summed E-state index contributed by atoms with van der Waals surface area (Å²) in [7, 11) is -3.34. The zero-order valence-corrected chi connectivity index (χ0v) is 14.0. The monoisotopic (exact) mass is 316 g/mol. The maximum Gasteiger partial charge on any atom is 0.250 e. The van der Waals surface area contributed by atoms with E-state index >= 15 is 0 Å². The van der Waals surface area contributed by atoms with Crippen LogP contribution in [-0.2, 0) is 16.6 Å². The van der Waals surface area contributed by atoms with E-state index in [9.17, 15) is 8.42 Å². The number of nitrogens with one attached hydrogen (secondary N) is 2. The van der Waals surface area contributed by atoms with Crippen LogP contribution < -0.4 is 10.0 Å². The molecule has 0 spiro atoms. The first kappa shape index (κ1) is 15.9. The molecule has 20 heavy (non-hydrogen) atoms. The van der Waals surface area contributed by atoms with Gasteiger partial charge in [0.05, 0.1) is 0 Å². The molecular weight excluding hydrogens is 292 g/mol. The highest BCUT2D eigenvalue weighted by Gasteiger charge is 2.27. The molecule has 1 aliphatic rings. The second kappa shape index (κ2) is 6.56. The third-order valence-corrected chi connectivity index (χ3v) is 6.63. The minimum absolute atomic E-state index is 0.106. The maximum absolute atomic E-state index is 12.3. The lowest BCUT2D eigenvalue weighted by Crippen LogP contribution is -2.32. The predicted octanol–water partition coefficient (Wildman–Crippen LogP) is 2.71. The molecule has 1 heterocycles. The van der Waals surface area contributed by atoms with Crippen molar-refractivity contribution in [1.82, 2.24) is 10.0 Å². The highest BCUT2D eigenvalue weighted by atomic mass is 32.2. The Morgan fingerprint density at radius 1 is 1.40 bits per heavy atom. The summed E-state index contributed by atoms with van der Waals surface area (Å²) in [5.41, 5.74) is 1.03. The molecule has 1 aromatic heterocycles. The first-order valence-electron chi connectivity index (χ1n) is 7.20. The van der Waals surface area contributed by atoms with Gasteiger partial charge < -0.3 is 5.32 Å². The van der Waals surface area contributed by atoms with Gasteiger partial charge in [0.2, 0.25) is 10.0 Å². The van der Waals surface area contributed by atoms with Crippen molar-refractivity contribution >= 4 is 21.4 Å². The summed E-state index contributed by atoms with van der Waals surface area (Å²) in [4.78, 5) is 0. The number of hydrogen-bond acceptors (Lipinski definition) is 4. The van der Waals surface area contributed by atoms with Gasteiger partial charge in [0.15, 0.2) is 0 Å². The maximum atomic E-state index is 12.3. The van der Waals surface area contributed by atoms with E-state index in [2.05, 4.69) is 30.8 Å². The molecule has 0 amide bonds. The van der Waals surface area contributed by atoms with Gasteiger partial charge >= 0.3 is 0 Å². The summed E-state index contributed by atoms with van der Waals surface area (Å²) >= 11 is 1.30.